The summed E-state index contributed by atoms with van der Waals surface area (Å²) < 4.78 is 34.8. The summed E-state index contributed by atoms with van der Waals surface area (Å²) in [5, 5.41) is 3.51. The van der Waals surface area contributed by atoms with Crippen molar-refractivity contribution in [1.82, 2.24) is 19.9 Å². The monoisotopic (exact) mass is 732 g/mol. The van der Waals surface area contributed by atoms with E-state index in [2.05, 4.69) is 19.9 Å². The molecule has 0 aliphatic rings. The molecule has 6 rings (SSSR count). The Balaban J connectivity index is 1.35. The molecule has 0 aliphatic heterocycles. The van der Waals surface area contributed by atoms with E-state index in [1.54, 1.807) is 40.8 Å². The van der Waals surface area contributed by atoms with Crippen molar-refractivity contribution in [3.8, 4) is 23.0 Å². The van der Waals surface area contributed by atoms with E-state index in [0.717, 1.165) is 33.7 Å². The zero-order chi connectivity index (χ0) is 38.6. The van der Waals surface area contributed by atoms with Gasteiger partial charge in [-0.25, -0.2) is 19.6 Å². The number of esters is 2. The lowest BCUT2D eigenvalue weighted by atomic mass is 9.79. The lowest BCUT2D eigenvalue weighted by molar-refractivity contribution is -0.158. The van der Waals surface area contributed by atoms with Gasteiger partial charge in [-0.2, -0.15) is 0 Å². The number of methoxy groups -OCH3 is 4. The smallest absolute Gasteiger partial charge is 0.332 e. The average molecular weight is 733 g/mol. The summed E-state index contributed by atoms with van der Waals surface area (Å²) in [6.07, 6.45) is 8.48. The summed E-state index contributed by atoms with van der Waals surface area (Å²) >= 11 is 0. The van der Waals surface area contributed by atoms with Crippen LogP contribution in [0.1, 0.15) is 50.2 Å². The molecule has 0 spiro atoms. The van der Waals surface area contributed by atoms with Crippen LogP contribution in [0.5, 0.6) is 23.0 Å². The zero-order valence-electron chi connectivity index (χ0n) is 31.6. The van der Waals surface area contributed by atoms with Gasteiger partial charge in [0.2, 0.25) is 0 Å². The van der Waals surface area contributed by atoms with Crippen LogP contribution in [0.15, 0.2) is 97.9 Å². The lowest BCUT2D eigenvalue weighted by Gasteiger charge is -2.37. The van der Waals surface area contributed by atoms with E-state index in [-0.39, 0.29) is 11.8 Å². The summed E-state index contributed by atoms with van der Waals surface area (Å²) in [5.74, 6) is 0.251. The van der Waals surface area contributed by atoms with E-state index in [1.165, 1.54) is 12.7 Å². The molecule has 0 saturated carbocycles. The molecule has 0 aliphatic carbocycles. The Labute approximate surface area is 313 Å². The van der Waals surface area contributed by atoms with Gasteiger partial charge in [0.25, 0.3) is 0 Å². The molecule has 0 bridgehead atoms. The Morgan fingerprint density at radius 3 is 1.20 bits per heavy atom. The van der Waals surface area contributed by atoms with Crippen molar-refractivity contribution in [1.29, 1.82) is 0 Å². The number of rotatable bonds is 14. The maximum absolute atomic E-state index is 13.8. The van der Waals surface area contributed by atoms with E-state index >= 15 is 0 Å². The first-order chi connectivity index (χ1) is 26.0. The number of aromatic nitrogens is 4. The number of aromatic amines is 2. The van der Waals surface area contributed by atoms with Gasteiger partial charge in [-0.1, -0.05) is 52.0 Å². The van der Waals surface area contributed by atoms with Gasteiger partial charge in [0.05, 0.1) is 64.9 Å². The number of H-pyrrole nitrogens is 2. The fourth-order valence-electron chi connectivity index (χ4n) is 7.11. The topological polar surface area (TPSA) is 147 Å². The number of nitrogens with zero attached hydrogens (tertiary/aromatic N) is 2. The molecule has 12 heteroatoms. The van der Waals surface area contributed by atoms with Crippen LogP contribution in [0.2, 0.25) is 0 Å². The minimum atomic E-state index is -1.31. The highest BCUT2D eigenvalue weighted by Crippen LogP contribution is 2.44. The second kappa shape index (κ2) is 15.4. The minimum absolute atomic E-state index is 0.277. The number of benzene rings is 4. The van der Waals surface area contributed by atoms with Crippen molar-refractivity contribution in [2.24, 2.45) is 11.8 Å². The quantitative estimate of drug-likeness (QED) is 0.0847. The first kappa shape index (κ1) is 37.5. The number of nitrogens with one attached hydrogen (secondary N) is 2. The van der Waals surface area contributed by atoms with Gasteiger partial charge in [0, 0.05) is 35.1 Å². The van der Waals surface area contributed by atoms with Gasteiger partial charge in [0.1, 0.15) is 0 Å². The second-order valence-corrected chi connectivity index (χ2v) is 13.4. The zero-order valence-corrected chi connectivity index (χ0v) is 31.6. The third-order valence-corrected chi connectivity index (χ3v) is 9.84. The molecule has 2 aromatic heterocycles. The van der Waals surface area contributed by atoms with Crippen molar-refractivity contribution in [2.45, 2.75) is 38.9 Å². The third-order valence-electron chi connectivity index (χ3n) is 9.84. The molecule has 280 valence electrons. The van der Waals surface area contributed by atoms with Crippen molar-refractivity contribution < 1.29 is 38.0 Å². The van der Waals surface area contributed by atoms with Crippen LogP contribution in [0, 0.1) is 11.8 Å². The van der Waals surface area contributed by atoms with E-state index in [9.17, 15) is 9.59 Å². The SMILES string of the molecule is COc1cc2ccc([C@](OC(=O)/C=C/C(=O)O[C@@](c3ccc4cc(OC)c(OC)cc4c3)(c3cnc[nH]3)C(C)C)(c3cnc[nH]3)C(C)C)cc2cc1OC. The van der Waals surface area contributed by atoms with Gasteiger partial charge in [-0.15, -0.1) is 0 Å². The molecule has 4 aromatic carbocycles. The van der Waals surface area contributed by atoms with Crippen molar-refractivity contribution >= 4 is 33.5 Å². The Kier molecular flexibility index (Phi) is 10.7. The van der Waals surface area contributed by atoms with Crippen LogP contribution in [0.3, 0.4) is 0 Å². The molecule has 54 heavy (non-hydrogen) atoms. The molecule has 2 heterocycles. The third kappa shape index (κ3) is 6.70. The van der Waals surface area contributed by atoms with Gasteiger partial charge in [0.15, 0.2) is 34.2 Å². The van der Waals surface area contributed by atoms with Crippen molar-refractivity contribution in [3.63, 3.8) is 0 Å². The van der Waals surface area contributed by atoms with Gasteiger partial charge in [-0.3, -0.25) is 0 Å². The van der Waals surface area contributed by atoms with E-state index in [0.29, 0.717) is 45.5 Å². The molecule has 0 unspecified atom stereocenters. The predicted molar refractivity (Wildman–Crippen MR) is 204 cm³/mol. The number of hydrogen-bond donors (Lipinski definition) is 2. The predicted octanol–water partition coefficient (Wildman–Crippen LogP) is 7.62. The maximum Gasteiger partial charge on any atom is 0.332 e. The van der Waals surface area contributed by atoms with Crippen LogP contribution in [-0.2, 0) is 30.3 Å². The van der Waals surface area contributed by atoms with Crippen molar-refractivity contribution in [3.05, 3.63) is 120 Å². The number of ether oxygens (including phenoxy) is 6. The molecule has 2 atom stereocenters. The van der Waals surface area contributed by atoms with E-state index in [4.69, 9.17) is 28.4 Å². The van der Waals surface area contributed by atoms with E-state index in [1.807, 2.05) is 88.4 Å². The van der Waals surface area contributed by atoms with Crippen LogP contribution in [-0.4, -0.2) is 60.3 Å². The highest BCUT2D eigenvalue weighted by atomic mass is 16.6. The fourth-order valence-corrected chi connectivity index (χ4v) is 7.11. The normalized spacial score (nSPS) is 13.9. The molecule has 0 radical (unpaired) electrons. The number of carbonyl (C=O) groups excluding carboxylic acids is 2. The molecule has 0 amide bonds. The lowest BCUT2D eigenvalue weighted by Crippen LogP contribution is -2.39. The Morgan fingerprint density at radius 2 is 0.907 bits per heavy atom. The average Bonchev–Trinajstić information content (AvgIpc) is 3.93. The molecule has 0 fully saturated rings. The van der Waals surface area contributed by atoms with Crippen LogP contribution in [0.25, 0.3) is 21.5 Å². The fraction of sp³-hybridized carbons (Fsp3) is 0.286. The van der Waals surface area contributed by atoms with Crippen LogP contribution in [0.4, 0.5) is 0 Å². The number of imidazole rings is 2. The van der Waals surface area contributed by atoms with Gasteiger partial charge in [-0.05, 0) is 57.9 Å². The summed E-state index contributed by atoms with van der Waals surface area (Å²) in [5.41, 5.74) is -0.120. The van der Waals surface area contributed by atoms with Gasteiger partial charge < -0.3 is 38.4 Å². The summed E-state index contributed by atoms with van der Waals surface area (Å²) in [6.45, 7) is 7.78. The highest BCUT2D eigenvalue weighted by Gasteiger charge is 2.45. The molecular formula is C42H44N4O8. The number of carbonyl (C=O) groups is 2. The number of fused-ring (bicyclic) bond motifs is 2. The first-order valence-corrected chi connectivity index (χ1v) is 17.4. The number of hydrogen-bond acceptors (Lipinski definition) is 10. The maximum atomic E-state index is 13.8. The molecular weight excluding hydrogens is 688 g/mol. The first-order valence-electron chi connectivity index (χ1n) is 17.4. The second-order valence-electron chi connectivity index (χ2n) is 13.4. The Morgan fingerprint density at radius 1 is 0.556 bits per heavy atom. The largest absolute Gasteiger partial charge is 0.493 e. The molecule has 0 saturated heterocycles. The molecule has 2 N–H and O–H groups in total. The van der Waals surface area contributed by atoms with E-state index < -0.39 is 23.1 Å². The Hall–Kier alpha value is -6.30. The summed E-state index contributed by atoms with van der Waals surface area (Å²) in [7, 11) is 6.32. The minimum Gasteiger partial charge on any atom is -0.493 e. The Bertz CT molecular complexity index is 2140. The molecule has 6 aromatic rings. The van der Waals surface area contributed by atoms with Gasteiger partial charge >= 0.3 is 11.9 Å². The summed E-state index contributed by atoms with van der Waals surface area (Å²) in [4.78, 5) is 42.4. The standard InChI is InChI=1S/C42H44N4O8/c1-25(2)41(37-21-43-23-45-37,31-11-9-27-17-33(49-5)35(51-7)19-29(27)15-31)53-39(47)13-14-40(48)54-42(26(3)4,38-22-44-24-46-38)32-12-10-28-18-34(50-6)36(52-8)20-30(28)16-32/h9-26H,1-8H3,(H,43,45)(H,44,46)/b14-13+/t41-,42-/m0/s1. The van der Waals surface area contributed by atoms with Crippen LogP contribution < -0.4 is 18.9 Å². The highest BCUT2D eigenvalue weighted by molar-refractivity contribution is 5.93. The molecule has 12 nitrogen and oxygen atoms in total. The summed E-state index contributed by atoms with van der Waals surface area (Å²) in [6, 6.07) is 19.1. The van der Waals surface area contributed by atoms with Crippen LogP contribution >= 0.6 is 0 Å². The van der Waals surface area contributed by atoms with Crippen molar-refractivity contribution in [2.75, 3.05) is 28.4 Å².